The molecule has 0 aliphatic carbocycles. The molecule has 0 unspecified atom stereocenters. The maximum absolute atomic E-state index is 11.2. The van der Waals surface area contributed by atoms with E-state index in [0.717, 1.165) is 0 Å². The maximum Gasteiger partial charge on any atom is 0.346 e. The Morgan fingerprint density at radius 2 is 1.93 bits per heavy atom. The number of halogens is 1. The molecule has 1 rings (SSSR count). The van der Waals surface area contributed by atoms with Gasteiger partial charge in [0.05, 0.1) is 0 Å². The zero-order valence-corrected chi connectivity index (χ0v) is 7.95. The van der Waals surface area contributed by atoms with Gasteiger partial charge in [0.2, 0.25) is 0 Å². The Kier molecular flexibility index (Phi) is 3.94. The summed E-state index contributed by atoms with van der Waals surface area (Å²) in [5.74, 6) is -1.48. The van der Waals surface area contributed by atoms with Crippen LogP contribution >= 0.6 is 11.6 Å². The van der Waals surface area contributed by atoms with Crippen molar-refractivity contribution >= 4 is 23.5 Å². The molecule has 0 atom stereocenters. The van der Waals surface area contributed by atoms with E-state index in [1.54, 1.807) is 30.3 Å². The second-order valence-corrected chi connectivity index (χ2v) is 2.67. The standard InChI is InChI=1S/C9H8ClNO3/c10-6-8(12)14-11-9(13)7-4-2-1-3-5-7/h1-5H,6H2,(H,11,13). The summed E-state index contributed by atoms with van der Waals surface area (Å²) < 4.78 is 0. The third-order valence-corrected chi connectivity index (χ3v) is 1.62. The van der Waals surface area contributed by atoms with Crippen molar-refractivity contribution in [2.24, 2.45) is 0 Å². The van der Waals surface area contributed by atoms with Crippen LogP contribution in [0.4, 0.5) is 0 Å². The lowest BCUT2D eigenvalue weighted by Crippen LogP contribution is -2.27. The topological polar surface area (TPSA) is 55.4 Å². The molecule has 1 aromatic rings. The lowest BCUT2D eigenvalue weighted by Gasteiger charge is -2.03. The summed E-state index contributed by atoms with van der Waals surface area (Å²) in [5.41, 5.74) is 2.39. The second-order valence-electron chi connectivity index (χ2n) is 2.40. The fourth-order valence-corrected chi connectivity index (χ4v) is 0.834. The first-order valence-electron chi connectivity index (χ1n) is 3.85. The van der Waals surface area contributed by atoms with E-state index in [9.17, 15) is 9.59 Å². The third kappa shape index (κ3) is 3.06. The van der Waals surface area contributed by atoms with Crippen LogP contribution in [0.2, 0.25) is 0 Å². The van der Waals surface area contributed by atoms with E-state index in [1.165, 1.54) is 0 Å². The van der Waals surface area contributed by atoms with E-state index in [2.05, 4.69) is 4.84 Å². The maximum atomic E-state index is 11.2. The summed E-state index contributed by atoms with van der Waals surface area (Å²) in [5, 5.41) is 0. The lowest BCUT2D eigenvalue weighted by atomic mass is 10.2. The Morgan fingerprint density at radius 3 is 2.50 bits per heavy atom. The average molecular weight is 214 g/mol. The molecule has 4 nitrogen and oxygen atoms in total. The summed E-state index contributed by atoms with van der Waals surface area (Å²) >= 11 is 5.16. The Bertz CT molecular complexity index is 326. The Morgan fingerprint density at radius 1 is 1.29 bits per heavy atom. The van der Waals surface area contributed by atoms with Crippen molar-refractivity contribution in [3.8, 4) is 0 Å². The Balaban J connectivity index is 2.48. The number of benzene rings is 1. The molecule has 74 valence electrons. The van der Waals surface area contributed by atoms with Crippen molar-refractivity contribution in [2.75, 3.05) is 5.88 Å². The first-order valence-corrected chi connectivity index (χ1v) is 4.38. The first-order chi connectivity index (χ1) is 6.74. The van der Waals surface area contributed by atoms with Crippen LogP contribution in [-0.4, -0.2) is 17.8 Å². The van der Waals surface area contributed by atoms with Crippen molar-refractivity contribution in [2.45, 2.75) is 0 Å². The van der Waals surface area contributed by atoms with Gasteiger partial charge >= 0.3 is 5.97 Å². The van der Waals surface area contributed by atoms with E-state index >= 15 is 0 Å². The molecule has 0 heterocycles. The van der Waals surface area contributed by atoms with Crippen molar-refractivity contribution in [1.82, 2.24) is 5.48 Å². The molecule has 0 saturated heterocycles. The minimum Gasteiger partial charge on any atom is -0.339 e. The van der Waals surface area contributed by atoms with E-state index in [4.69, 9.17) is 11.6 Å². The highest BCUT2D eigenvalue weighted by molar-refractivity contribution is 6.26. The van der Waals surface area contributed by atoms with Crippen LogP contribution in [0.3, 0.4) is 0 Å². The number of alkyl halides is 1. The summed E-state index contributed by atoms with van der Waals surface area (Å²) in [6.45, 7) is 0. The van der Waals surface area contributed by atoms with Gasteiger partial charge in [0.15, 0.2) is 0 Å². The predicted octanol–water partition coefficient (Wildman–Crippen LogP) is 1.11. The van der Waals surface area contributed by atoms with Crippen LogP contribution in [0, 0.1) is 0 Å². The molecule has 0 fully saturated rings. The number of carbonyl (C=O) groups is 2. The molecule has 0 aliphatic heterocycles. The zero-order chi connectivity index (χ0) is 10.4. The van der Waals surface area contributed by atoms with Crippen molar-refractivity contribution < 1.29 is 14.4 Å². The fourth-order valence-electron chi connectivity index (χ4n) is 0.779. The monoisotopic (exact) mass is 213 g/mol. The Labute approximate surface area is 85.8 Å². The van der Waals surface area contributed by atoms with Crippen molar-refractivity contribution in [1.29, 1.82) is 0 Å². The largest absolute Gasteiger partial charge is 0.346 e. The van der Waals surface area contributed by atoms with E-state index in [0.29, 0.717) is 5.56 Å². The quantitative estimate of drug-likeness (QED) is 0.592. The van der Waals surface area contributed by atoms with Gasteiger partial charge in [0.25, 0.3) is 5.91 Å². The molecule has 0 bridgehead atoms. The normalized spacial score (nSPS) is 9.21. The summed E-state index contributed by atoms with van der Waals surface area (Å²) in [6.07, 6.45) is 0. The van der Waals surface area contributed by atoms with Gasteiger partial charge in [-0.25, -0.2) is 4.79 Å². The molecule has 0 spiro atoms. The van der Waals surface area contributed by atoms with Crippen LogP contribution < -0.4 is 5.48 Å². The van der Waals surface area contributed by atoms with Gasteiger partial charge in [-0.05, 0) is 12.1 Å². The highest BCUT2D eigenvalue weighted by Gasteiger charge is 2.06. The van der Waals surface area contributed by atoms with Gasteiger partial charge in [0, 0.05) is 5.56 Å². The molecular weight excluding hydrogens is 206 g/mol. The van der Waals surface area contributed by atoms with Crippen LogP contribution in [-0.2, 0) is 9.63 Å². The van der Waals surface area contributed by atoms with Crippen LogP contribution in [0.5, 0.6) is 0 Å². The van der Waals surface area contributed by atoms with Gasteiger partial charge in [-0.3, -0.25) is 4.79 Å². The minimum atomic E-state index is -0.698. The Hall–Kier alpha value is -1.55. The fraction of sp³-hybridized carbons (Fsp3) is 0.111. The molecule has 1 amide bonds. The van der Waals surface area contributed by atoms with Crippen LogP contribution in [0.15, 0.2) is 30.3 Å². The zero-order valence-electron chi connectivity index (χ0n) is 7.20. The molecule has 0 radical (unpaired) electrons. The van der Waals surface area contributed by atoms with Gasteiger partial charge in [-0.1, -0.05) is 18.2 Å². The first kappa shape index (κ1) is 10.5. The molecule has 0 aromatic heterocycles. The molecule has 0 aliphatic rings. The SMILES string of the molecule is O=C(CCl)ONC(=O)c1ccccc1. The summed E-state index contributed by atoms with van der Waals surface area (Å²) in [4.78, 5) is 26.1. The molecule has 5 heteroatoms. The van der Waals surface area contributed by atoms with Gasteiger partial charge in [-0.15, -0.1) is 11.6 Å². The number of hydrogen-bond donors (Lipinski definition) is 1. The predicted molar refractivity (Wildman–Crippen MR) is 50.7 cm³/mol. The van der Waals surface area contributed by atoms with Gasteiger partial charge < -0.3 is 4.84 Å². The number of rotatable bonds is 2. The van der Waals surface area contributed by atoms with Crippen LogP contribution in [0.25, 0.3) is 0 Å². The minimum absolute atomic E-state index is 0.297. The highest BCUT2D eigenvalue weighted by atomic mass is 35.5. The molecule has 0 saturated carbocycles. The molecule has 1 aromatic carbocycles. The number of nitrogens with one attached hydrogen (secondary N) is 1. The molecular formula is C9H8ClNO3. The highest BCUT2D eigenvalue weighted by Crippen LogP contribution is 1.97. The summed E-state index contributed by atoms with van der Waals surface area (Å²) in [6, 6.07) is 8.39. The number of hydrogen-bond acceptors (Lipinski definition) is 3. The smallest absolute Gasteiger partial charge is 0.339 e. The van der Waals surface area contributed by atoms with Gasteiger partial charge in [0.1, 0.15) is 5.88 Å². The lowest BCUT2D eigenvalue weighted by molar-refractivity contribution is -0.145. The summed E-state index contributed by atoms with van der Waals surface area (Å²) in [7, 11) is 0. The van der Waals surface area contributed by atoms with Crippen molar-refractivity contribution in [3.05, 3.63) is 35.9 Å². The van der Waals surface area contributed by atoms with Gasteiger partial charge in [-0.2, -0.15) is 5.48 Å². The van der Waals surface area contributed by atoms with E-state index in [-0.39, 0.29) is 5.88 Å². The van der Waals surface area contributed by atoms with E-state index in [1.807, 2.05) is 5.48 Å². The average Bonchev–Trinajstić information content (AvgIpc) is 2.26. The number of hydroxylamine groups is 1. The third-order valence-electron chi connectivity index (χ3n) is 1.40. The molecule has 1 N–H and O–H groups in total. The molecule has 14 heavy (non-hydrogen) atoms. The number of amides is 1. The second kappa shape index (κ2) is 5.24. The van der Waals surface area contributed by atoms with Crippen molar-refractivity contribution in [3.63, 3.8) is 0 Å². The number of carbonyl (C=O) groups excluding carboxylic acids is 2. The van der Waals surface area contributed by atoms with E-state index < -0.39 is 11.9 Å². The van der Waals surface area contributed by atoms with Crippen LogP contribution in [0.1, 0.15) is 10.4 Å².